The lowest BCUT2D eigenvalue weighted by atomic mass is 10.0. The molecule has 1 saturated heterocycles. The van der Waals surface area contributed by atoms with Gasteiger partial charge in [0.25, 0.3) is 0 Å². The number of nitrogens with one attached hydrogen (secondary N) is 1. The zero-order valence-electron chi connectivity index (χ0n) is 15.7. The SMILES string of the molecule is Brc1ccccc1/C=N/N1CC[NH+](C2c3ccccc3-c3ccccc32)CC1. The minimum absolute atomic E-state index is 0.446. The number of hydrogen-bond donors (Lipinski definition) is 1. The Balaban J connectivity index is 1.33. The Kier molecular flexibility index (Phi) is 4.75. The van der Waals surface area contributed by atoms with E-state index in [1.54, 1.807) is 4.90 Å². The van der Waals surface area contributed by atoms with Crippen LogP contribution in [-0.2, 0) is 0 Å². The van der Waals surface area contributed by atoms with Crippen molar-refractivity contribution in [2.75, 3.05) is 26.2 Å². The summed E-state index contributed by atoms with van der Waals surface area (Å²) >= 11 is 3.59. The highest BCUT2D eigenvalue weighted by Gasteiger charge is 2.37. The van der Waals surface area contributed by atoms with Gasteiger partial charge in [0, 0.05) is 21.2 Å². The third-order valence-electron chi connectivity index (χ3n) is 5.89. The monoisotopic (exact) mass is 432 g/mol. The molecule has 0 bridgehead atoms. The topological polar surface area (TPSA) is 20.0 Å². The maximum atomic E-state index is 4.73. The molecule has 0 unspecified atom stereocenters. The number of rotatable bonds is 3. The van der Waals surface area contributed by atoms with Gasteiger partial charge in [-0.25, -0.2) is 0 Å². The van der Waals surface area contributed by atoms with Crippen molar-refractivity contribution in [3.8, 4) is 11.1 Å². The second-order valence-corrected chi connectivity index (χ2v) is 8.34. The summed E-state index contributed by atoms with van der Waals surface area (Å²) in [5.41, 5.74) is 6.89. The lowest BCUT2D eigenvalue weighted by molar-refractivity contribution is -0.929. The van der Waals surface area contributed by atoms with Gasteiger partial charge in [-0.15, -0.1) is 0 Å². The highest BCUT2D eigenvalue weighted by molar-refractivity contribution is 9.10. The third-order valence-corrected chi connectivity index (χ3v) is 6.61. The van der Waals surface area contributed by atoms with E-state index in [1.807, 2.05) is 18.3 Å². The van der Waals surface area contributed by atoms with Crippen LogP contribution in [0.15, 0.2) is 82.4 Å². The van der Waals surface area contributed by atoms with E-state index in [9.17, 15) is 0 Å². The van der Waals surface area contributed by atoms with E-state index in [-0.39, 0.29) is 0 Å². The molecule has 0 aromatic heterocycles. The summed E-state index contributed by atoms with van der Waals surface area (Å²) in [7, 11) is 0. The average Bonchev–Trinajstić information content (AvgIpc) is 3.08. The summed E-state index contributed by atoms with van der Waals surface area (Å²) in [6.07, 6.45) is 1.97. The normalized spacial score (nSPS) is 17.1. The van der Waals surface area contributed by atoms with E-state index in [2.05, 4.69) is 81.6 Å². The zero-order valence-corrected chi connectivity index (χ0v) is 17.3. The van der Waals surface area contributed by atoms with Gasteiger partial charge in [-0.1, -0.05) is 82.7 Å². The molecular weight excluding hydrogens is 410 g/mol. The van der Waals surface area contributed by atoms with Crippen LogP contribution in [0.4, 0.5) is 0 Å². The molecule has 2 aliphatic rings. The molecule has 5 rings (SSSR count). The smallest absolute Gasteiger partial charge is 0.140 e. The van der Waals surface area contributed by atoms with Gasteiger partial charge >= 0.3 is 0 Å². The number of hydrazone groups is 1. The molecule has 1 N–H and O–H groups in total. The van der Waals surface area contributed by atoms with Crippen LogP contribution in [0.5, 0.6) is 0 Å². The largest absolute Gasteiger partial charge is 0.322 e. The molecule has 1 heterocycles. The second-order valence-electron chi connectivity index (χ2n) is 7.49. The Morgan fingerprint density at radius 1 is 0.821 bits per heavy atom. The van der Waals surface area contributed by atoms with E-state index < -0.39 is 0 Å². The molecule has 3 nitrogen and oxygen atoms in total. The number of quaternary nitrogens is 1. The predicted molar refractivity (Wildman–Crippen MR) is 118 cm³/mol. The van der Waals surface area contributed by atoms with Gasteiger partial charge in [-0.05, 0) is 17.2 Å². The van der Waals surface area contributed by atoms with Crippen molar-refractivity contribution in [1.82, 2.24) is 5.01 Å². The summed E-state index contributed by atoms with van der Waals surface area (Å²) in [5.74, 6) is 0. The standard InChI is InChI=1S/C24H22BrN3/c25-23-12-6-1-7-18(23)17-26-28-15-13-27(14-16-28)24-21-10-4-2-8-19(21)20-9-3-5-11-22(20)24/h1-12,17,24H,13-16H2/p+1/b26-17+. The molecule has 0 amide bonds. The first-order valence-electron chi connectivity index (χ1n) is 9.87. The molecule has 3 aromatic carbocycles. The van der Waals surface area contributed by atoms with Gasteiger partial charge in [0.15, 0.2) is 0 Å². The van der Waals surface area contributed by atoms with Crippen LogP contribution >= 0.6 is 15.9 Å². The first kappa shape index (κ1) is 17.7. The molecule has 4 heteroatoms. The molecule has 0 spiro atoms. The molecule has 1 aliphatic carbocycles. The van der Waals surface area contributed by atoms with Crippen molar-refractivity contribution in [2.45, 2.75) is 6.04 Å². The number of benzene rings is 3. The van der Waals surface area contributed by atoms with E-state index in [4.69, 9.17) is 5.10 Å². The third kappa shape index (κ3) is 3.17. The Hall–Kier alpha value is -2.43. The molecule has 0 atom stereocenters. The lowest BCUT2D eigenvalue weighted by Crippen LogP contribution is -3.14. The number of hydrogen-bond acceptors (Lipinski definition) is 2. The van der Waals surface area contributed by atoms with E-state index >= 15 is 0 Å². The minimum Gasteiger partial charge on any atom is -0.322 e. The summed E-state index contributed by atoms with van der Waals surface area (Å²) in [4.78, 5) is 1.64. The number of halogens is 1. The van der Waals surface area contributed by atoms with E-state index in [1.165, 1.54) is 22.3 Å². The Bertz CT molecular complexity index is 976. The van der Waals surface area contributed by atoms with Gasteiger partial charge in [-0.3, -0.25) is 5.01 Å². The number of nitrogens with zero attached hydrogens (tertiary/aromatic N) is 2. The fourth-order valence-corrected chi connectivity index (χ4v) is 4.89. The van der Waals surface area contributed by atoms with Gasteiger partial charge in [-0.2, -0.15) is 5.10 Å². The van der Waals surface area contributed by atoms with Crippen LogP contribution in [0.3, 0.4) is 0 Å². The van der Waals surface area contributed by atoms with Crippen molar-refractivity contribution in [3.63, 3.8) is 0 Å². The summed E-state index contributed by atoms with van der Waals surface area (Å²) in [5, 5.41) is 6.93. The quantitative estimate of drug-likeness (QED) is 0.624. The first-order chi connectivity index (χ1) is 13.8. The molecule has 1 fully saturated rings. The van der Waals surface area contributed by atoms with Crippen LogP contribution < -0.4 is 4.90 Å². The number of piperazine rings is 1. The molecular formula is C24H23BrN3+. The van der Waals surface area contributed by atoms with Crippen molar-refractivity contribution >= 4 is 22.1 Å². The van der Waals surface area contributed by atoms with Gasteiger partial charge < -0.3 is 4.90 Å². The molecule has 0 radical (unpaired) electrons. The van der Waals surface area contributed by atoms with Gasteiger partial charge in [0.2, 0.25) is 0 Å². The lowest BCUT2D eigenvalue weighted by Gasteiger charge is -2.34. The van der Waals surface area contributed by atoms with Crippen molar-refractivity contribution in [3.05, 3.63) is 94.0 Å². The van der Waals surface area contributed by atoms with Gasteiger partial charge in [0.1, 0.15) is 6.04 Å². The van der Waals surface area contributed by atoms with Crippen molar-refractivity contribution in [2.24, 2.45) is 5.10 Å². The highest BCUT2D eigenvalue weighted by Crippen LogP contribution is 2.41. The molecule has 140 valence electrons. The Morgan fingerprint density at radius 2 is 1.39 bits per heavy atom. The van der Waals surface area contributed by atoms with Crippen LogP contribution in [-0.4, -0.2) is 37.4 Å². The highest BCUT2D eigenvalue weighted by atomic mass is 79.9. The predicted octanol–water partition coefficient (Wildman–Crippen LogP) is 3.75. The summed E-state index contributed by atoms with van der Waals surface area (Å²) in [6.45, 7) is 4.16. The van der Waals surface area contributed by atoms with Crippen LogP contribution in [0, 0.1) is 0 Å². The van der Waals surface area contributed by atoms with Gasteiger partial charge in [0.05, 0.1) is 32.4 Å². The summed E-state index contributed by atoms with van der Waals surface area (Å²) in [6, 6.07) is 26.5. The molecule has 28 heavy (non-hydrogen) atoms. The fourth-order valence-electron chi connectivity index (χ4n) is 4.51. The Morgan fingerprint density at radius 3 is 2.04 bits per heavy atom. The van der Waals surface area contributed by atoms with Crippen molar-refractivity contribution < 1.29 is 4.90 Å². The van der Waals surface area contributed by atoms with Crippen LogP contribution in [0.25, 0.3) is 11.1 Å². The zero-order chi connectivity index (χ0) is 18.9. The molecule has 3 aromatic rings. The molecule has 1 aliphatic heterocycles. The van der Waals surface area contributed by atoms with Crippen molar-refractivity contribution in [1.29, 1.82) is 0 Å². The fraction of sp³-hybridized carbons (Fsp3) is 0.208. The first-order valence-corrected chi connectivity index (χ1v) is 10.7. The minimum atomic E-state index is 0.446. The maximum Gasteiger partial charge on any atom is 0.140 e. The average molecular weight is 433 g/mol. The Labute approximate surface area is 174 Å². The van der Waals surface area contributed by atoms with Crippen LogP contribution in [0.2, 0.25) is 0 Å². The second kappa shape index (κ2) is 7.53. The van der Waals surface area contributed by atoms with Crippen LogP contribution in [0.1, 0.15) is 22.7 Å². The maximum absolute atomic E-state index is 4.73. The number of fused-ring (bicyclic) bond motifs is 3. The van der Waals surface area contributed by atoms with E-state index in [0.29, 0.717) is 6.04 Å². The van der Waals surface area contributed by atoms with E-state index in [0.717, 1.165) is 36.2 Å². The summed E-state index contributed by atoms with van der Waals surface area (Å²) < 4.78 is 1.09. The molecule has 0 saturated carbocycles.